The molecule has 0 aliphatic rings. The van der Waals surface area contributed by atoms with E-state index in [0.717, 1.165) is 15.8 Å². The Hall–Kier alpha value is -3.10. The molecule has 160 valence electrons. The maximum Gasteiger partial charge on any atom is 0.269 e. The molecule has 0 saturated heterocycles. The molecule has 1 amide bonds. The maximum atomic E-state index is 12.5. The summed E-state index contributed by atoms with van der Waals surface area (Å²) in [6.45, 7) is 2.79. The second-order valence-corrected chi connectivity index (χ2v) is 7.64. The molecule has 0 atom stereocenters. The van der Waals surface area contributed by atoms with Gasteiger partial charge in [-0.2, -0.15) is 0 Å². The molecular weight excluding hydrogens is 478 g/mol. The van der Waals surface area contributed by atoms with Crippen LogP contribution in [0.3, 0.4) is 0 Å². The minimum absolute atomic E-state index is 0.244. The average Bonchev–Trinajstić information content (AvgIpc) is 2.78. The van der Waals surface area contributed by atoms with E-state index in [1.54, 1.807) is 12.1 Å². The van der Waals surface area contributed by atoms with Gasteiger partial charge >= 0.3 is 0 Å². The lowest BCUT2D eigenvalue weighted by Gasteiger charge is -2.15. The fraction of sp³-hybridized carbons (Fsp3) is 0.130. The molecule has 0 bridgehead atoms. The van der Waals surface area contributed by atoms with Crippen molar-refractivity contribution < 1.29 is 14.3 Å². The number of hydrogen-bond donors (Lipinski definition) is 3. The minimum Gasteiger partial charge on any atom is -0.492 e. The SMILES string of the molecule is CCOc1ccccc1NC(=S)NNC(=O)c1cccc(COc2ccccc2Br)c1. The first-order valence-corrected chi connectivity index (χ1v) is 10.8. The van der Waals surface area contributed by atoms with E-state index in [1.807, 2.05) is 67.6 Å². The van der Waals surface area contributed by atoms with Gasteiger partial charge in [-0.1, -0.05) is 36.4 Å². The Morgan fingerprint density at radius 2 is 1.68 bits per heavy atom. The van der Waals surface area contributed by atoms with Crippen LogP contribution in [0.15, 0.2) is 77.3 Å². The number of amides is 1. The molecule has 8 heteroatoms. The van der Waals surface area contributed by atoms with Crippen LogP contribution >= 0.6 is 28.1 Å². The molecule has 31 heavy (non-hydrogen) atoms. The largest absolute Gasteiger partial charge is 0.492 e. The van der Waals surface area contributed by atoms with Crippen molar-refractivity contribution in [2.75, 3.05) is 11.9 Å². The van der Waals surface area contributed by atoms with Crippen molar-refractivity contribution in [3.63, 3.8) is 0 Å². The normalized spacial score (nSPS) is 10.1. The molecule has 3 aromatic rings. The summed E-state index contributed by atoms with van der Waals surface area (Å²) in [5, 5.41) is 3.26. The molecule has 0 unspecified atom stereocenters. The Kier molecular flexibility index (Phi) is 8.26. The standard InChI is InChI=1S/C23H22BrN3O3S/c1-2-29-21-13-6-4-11-19(21)25-23(31)27-26-22(28)17-9-7-8-16(14-17)15-30-20-12-5-3-10-18(20)24/h3-14H,2,15H2,1H3,(H,26,28)(H2,25,27,31). The van der Waals surface area contributed by atoms with Gasteiger partial charge in [0.25, 0.3) is 5.91 Å². The highest BCUT2D eigenvalue weighted by Crippen LogP contribution is 2.25. The molecule has 0 radical (unpaired) electrons. The summed E-state index contributed by atoms with van der Waals surface area (Å²) in [7, 11) is 0. The first-order valence-electron chi connectivity index (χ1n) is 9.62. The van der Waals surface area contributed by atoms with Gasteiger partial charge in [-0.15, -0.1) is 0 Å². The summed E-state index contributed by atoms with van der Waals surface area (Å²) in [5.41, 5.74) is 7.38. The third-order valence-corrected chi connectivity index (χ3v) is 5.00. The van der Waals surface area contributed by atoms with Crippen molar-refractivity contribution in [3.05, 3.63) is 88.4 Å². The van der Waals surface area contributed by atoms with Gasteiger partial charge in [-0.3, -0.25) is 15.6 Å². The Labute approximate surface area is 195 Å². The van der Waals surface area contributed by atoms with Crippen molar-refractivity contribution in [1.29, 1.82) is 0 Å². The minimum atomic E-state index is -0.315. The first kappa shape index (κ1) is 22.6. The second-order valence-electron chi connectivity index (χ2n) is 6.38. The van der Waals surface area contributed by atoms with Crippen LogP contribution in [0.5, 0.6) is 11.5 Å². The fourth-order valence-corrected chi connectivity index (χ4v) is 3.28. The van der Waals surface area contributed by atoms with E-state index in [0.29, 0.717) is 30.2 Å². The smallest absolute Gasteiger partial charge is 0.269 e. The highest BCUT2D eigenvalue weighted by Gasteiger charge is 2.09. The van der Waals surface area contributed by atoms with Crippen LogP contribution in [0.1, 0.15) is 22.8 Å². The van der Waals surface area contributed by atoms with Crippen LogP contribution in [-0.4, -0.2) is 17.6 Å². The highest BCUT2D eigenvalue weighted by atomic mass is 79.9. The molecule has 0 aliphatic heterocycles. The quantitative estimate of drug-likeness (QED) is 0.311. The molecular formula is C23H22BrN3O3S. The number of carbonyl (C=O) groups is 1. The zero-order valence-corrected chi connectivity index (χ0v) is 19.3. The van der Waals surface area contributed by atoms with Crippen LogP contribution in [0.4, 0.5) is 5.69 Å². The summed E-state index contributed by atoms with van der Waals surface area (Å²) >= 11 is 8.72. The highest BCUT2D eigenvalue weighted by molar-refractivity contribution is 9.10. The Morgan fingerprint density at radius 1 is 0.935 bits per heavy atom. The number of rotatable bonds is 7. The number of hydrazine groups is 1. The van der Waals surface area contributed by atoms with Crippen LogP contribution < -0.4 is 25.6 Å². The van der Waals surface area contributed by atoms with Crippen molar-refractivity contribution in [2.45, 2.75) is 13.5 Å². The summed E-state index contributed by atoms with van der Waals surface area (Å²) in [6.07, 6.45) is 0. The first-order chi connectivity index (χ1) is 15.1. The summed E-state index contributed by atoms with van der Waals surface area (Å²) in [4.78, 5) is 12.5. The number of thiocarbonyl (C=S) groups is 1. The zero-order chi connectivity index (χ0) is 22.1. The van der Waals surface area contributed by atoms with Crippen LogP contribution in [-0.2, 0) is 6.61 Å². The summed E-state index contributed by atoms with van der Waals surface area (Å²) < 4.78 is 12.2. The molecule has 0 aromatic heterocycles. The molecule has 0 heterocycles. The number of halogens is 1. The number of carbonyl (C=O) groups excluding carboxylic acids is 1. The molecule has 3 aromatic carbocycles. The van der Waals surface area contributed by atoms with Crippen LogP contribution in [0.25, 0.3) is 0 Å². The van der Waals surface area contributed by atoms with Crippen molar-refractivity contribution in [1.82, 2.24) is 10.9 Å². The third kappa shape index (κ3) is 6.70. The topological polar surface area (TPSA) is 71.6 Å². The molecule has 3 N–H and O–H groups in total. The van der Waals surface area contributed by atoms with Crippen LogP contribution in [0, 0.1) is 0 Å². The number of benzene rings is 3. The van der Waals surface area contributed by atoms with Gasteiger partial charge in [0, 0.05) is 5.56 Å². The van der Waals surface area contributed by atoms with Crippen molar-refractivity contribution in [2.24, 2.45) is 0 Å². The molecule has 3 rings (SSSR count). The number of nitrogens with one attached hydrogen (secondary N) is 3. The third-order valence-electron chi connectivity index (χ3n) is 4.14. The van der Waals surface area contributed by atoms with Crippen LogP contribution in [0.2, 0.25) is 0 Å². The average molecular weight is 500 g/mol. The van der Waals surface area contributed by atoms with Crippen molar-refractivity contribution >= 4 is 44.9 Å². The number of ether oxygens (including phenoxy) is 2. The molecule has 6 nitrogen and oxygen atoms in total. The summed E-state index contributed by atoms with van der Waals surface area (Å²) in [6, 6.07) is 22.2. The predicted molar refractivity (Wildman–Crippen MR) is 129 cm³/mol. The monoisotopic (exact) mass is 499 g/mol. The van der Waals surface area contributed by atoms with E-state index in [9.17, 15) is 4.79 Å². The van der Waals surface area contributed by atoms with Crippen molar-refractivity contribution in [3.8, 4) is 11.5 Å². The number of hydrogen-bond acceptors (Lipinski definition) is 4. The Balaban J connectivity index is 1.54. The van der Waals surface area contributed by atoms with Gasteiger partial charge in [0.05, 0.1) is 16.8 Å². The van der Waals surface area contributed by atoms with E-state index in [-0.39, 0.29) is 11.0 Å². The zero-order valence-electron chi connectivity index (χ0n) is 16.9. The number of para-hydroxylation sites is 3. The van der Waals surface area contributed by atoms with E-state index < -0.39 is 0 Å². The Morgan fingerprint density at radius 3 is 2.45 bits per heavy atom. The maximum absolute atomic E-state index is 12.5. The fourth-order valence-electron chi connectivity index (χ4n) is 2.72. The van der Waals surface area contributed by atoms with Gasteiger partial charge in [0.15, 0.2) is 5.11 Å². The van der Waals surface area contributed by atoms with Gasteiger partial charge in [0.1, 0.15) is 18.1 Å². The van der Waals surface area contributed by atoms with E-state index in [2.05, 4.69) is 32.1 Å². The van der Waals surface area contributed by atoms with Gasteiger partial charge in [-0.05, 0) is 77.0 Å². The number of anilines is 1. The van der Waals surface area contributed by atoms with E-state index in [4.69, 9.17) is 21.7 Å². The molecule has 0 saturated carbocycles. The molecule has 0 aliphatic carbocycles. The molecule has 0 fully saturated rings. The van der Waals surface area contributed by atoms with Gasteiger partial charge < -0.3 is 14.8 Å². The summed E-state index contributed by atoms with van der Waals surface area (Å²) in [5.74, 6) is 1.10. The lowest BCUT2D eigenvalue weighted by atomic mass is 10.1. The Bertz CT molecular complexity index is 1060. The lowest BCUT2D eigenvalue weighted by Crippen LogP contribution is -2.43. The molecule has 0 spiro atoms. The van der Waals surface area contributed by atoms with E-state index in [1.165, 1.54) is 0 Å². The lowest BCUT2D eigenvalue weighted by molar-refractivity contribution is 0.0944. The second kappa shape index (κ2) is 11.3. The van der Waals surface area contributed by atoms with Gasteiger partial charge in [-0.25, -0.2) is 0 Å². The van der Waals surface area contributed by atoms with Gasteiger partial charge in [0.2, 0.25) is 0 Å². The van der Waals surface area contributed by atoms with E-state index >= 15 is 0 Å². The predicted octanol–water partition coefficient (Wildman–Crippen LogP) is 5.06.